The molecule has 1 aromatic heterocycles. The highest BCUT2D eigenvalue weighted by Gasteiger charge is 2.16. The highest BCUT2D eigenvalue weighted by molar-refractivity contribution is 5.97. The van der Waals surface area contributed by atoms with Crippen molar-refractivity contribution in [1.29, 1.82) is 0 Å². The first kappa shape index (κ1) is 18.0. The summed E-state index contributed by atoms with van der Waals surface area (Å²) in [4.78, 5) is 34.7. The highest BCUT2D eigenvalue weighted by atomic mass is 16.5. The van der Waals surface area contributed by atoms with Gasteiger partial charge in [-0.15, -0.1) is 0 Å². The minimum atomic E-state index is -0.969. The van der Waals surface area contributed by atoms with E-state index in [2.05, 4.69) is 10.6 Å². The molecule has 1 atom stereocenters. The molecule has 0 saturated heterocycles. The van der Waals surface area contributed by atoms with Crippen molar-refractivity contribution in [1.82, 2.24) is 0 Å². The third-order valence-corrected chi connectivity index (χ3v) is 3.06. The molecule has 0 fully saturated rings. The SMILES string of the molecule is CC(=O)Nc1ccc(NC(=O)C(C)OC(=O)C=Cc2ccco2)cc1. The molecule has 2 rings (SSSR count). The summed E-state index contributed by atoms with van der Waals surface area (Å²) in [5.41, 5.74) is 1.14. The van der Waals surface area contributed by atoms with Crippen LogP contribution in [0.5, 0.6) is 0 Å². The molecule has 0 radical (unpaired) electrons. The Morgan fingerprint density at radius 1 is 1.08 bits per heavy atom. The smallest absolute Gasteiger partial charge is 0.331 e. The number of esters is 1. The van der Waals surface area contributed by atoms with E-state index in [1.807, 2.05) is 0 Å². The Morgan fingerprint density at radius 3 is 2.28 bits per heavy atom. The van der Waals surface area contributed by atoms with E-state index in [1.165, 1.54) is 32.3 Å². The van der Waals surface area contributed by atoms with Crippen molar-refractivity contribution in [2.75, 3.05) is 10.6 Å². The summed E-state index contributed by atoms with van der Waals surface area (Å²) in [6, 6.07) is 9.95. The predicted octanol–water partition coefficient (Wildman–Crippen LogP) is 2.82. The van der Waals surface area contributed by atoms with Crippen LogP contribution < -0.4 is 10.6 Å². The van der Waals surface area contributed by atoms with Gasteiger partial charge in [0.05, 0.1) is 6.26 Å². The van der Waals surface area contributed by atoms with Gasteiger partial charge >= 0.3 is 5.97 Å². The Bertz CT molecular complexity index is 763. The Labute approximate surface area is 144 Å². The van der Waals surface area contributed by atoms with Gasteiger partial charge < -0.3 is 19.8 Å². The maximum Gasteiger partial charge on any atom is 0.331 e. The van der Waals surface area contributed by atoms with Gasteiger partial charge in [0, 0.05) is 24.4 Å². The average molecular weight is 342 g/mol. The van der Waals surface area contributed by atoms with Crippen molar-refractivity contribution in [3.63, 3.8) is 0 Å². The fourth-order valence-electron chi connectivity index (χ4n) is 1.89. The summed E-state index contributed by atoms with van der Waals surface area (Å²) >= 11 is 0. The Morgan fingerprint density at radius 2 is 1.72 bits per heavy atom. The first-order valence-corrected chi connectivity index (χ1v) is 7.55. The molecule has 7 nitrogen and oxygen atoms in total. The van der Waals surface area contributed by atoms with Crippen LogP contribution in [-0.2, 0) is 19.1 Å². The van der Waals surface area contributed by atoms with Crippen molar-refractivity contribution in [3.05, 3.63) is 54.5 Å². The molecule has 0 aliphatic carbocycles. The summed E-state index contributed by atoms with van der Waals surface area (Å²) in [5, 5.41) is 5.25. The molecule has 2 aromatic rings. The monoisotopic (exact) mass is 342 g/mol. The fourth-order valence-corrected chi connectivity index (χ4v) is 1.89. The van der Waals surface area contributed by atoms with Gasteiger partial charge in [0.15, 0.2) is 6.10 Å². The van der Waals surface area contributed by atoms with Crippen LogP contribution in [0.1, 0.15) is 19.6 Å². The minimum absolute atomic E-state index is 0.181. The van der Waals surface area contributed by atoms with Crippen molar-refractivity contribution < 1.29 is 23.5 Å². The largest absolute Gasteiger partial charge is 0.465 e. The fraction of sp³-hybridized carbons (Fsp3) is 0.167. The number of ether oxygens (including phenoxy) is 1. The molecule has 25 heavy (non-hydrogen) atoms. The summed E-state index contributed by atoms with van der Waals surface area (Å²) < 4.78 is 10.1. The van der Waals surface area contributed by atoms with E-state index < -0.39 is 18.0 Å². The van der Waals surface area contributed by atoms with Gasteiger partial charge in [-0.25, -0.2) is 4.79 Å². The first-order chi connectivity index (χ1) is 11.9. The third kappa shape index (κ3) is 5.98. The van der Waals surface area contributed by atoms with Crippen molar-refractivity contribution in [3.8, 4) is 0 Å². The zero-order valence-corrected chi connectivity index (χ0v) is 13.8. The molecular weight excluding hydrogens is 324 g/mol. The second kappa shape index (κ2) is 8.49. The standard InChI is InChI=1S/C18H18N2O5/c1-12(25-17(22)10-9-16-4-3-11-24-16)18(23)20-15-7-5-14(6-8-15)19-13(2)21/h3-12H,1-2H3,(H,19,21)(H,20,23). The number of hydrogen-bond donors (Lipinski definition) is 2. The molecule has 7 heteroatoms. The number of carbonyl (C=O) groups is 3. The molecule has 0 spiro atoms. The second-order valence-electron chi connectivity index (χ2n) is 5.18. The Balaban J connectivity index is 1.85. The van der Waals surface area contributed by atoms with Gasteiger partial charge in [-0.1, -0.05) is 0 Å². The van der Waals surface area contributed by atoms with E-state index in [9.17, 15) is 14.4 Å². The molecule has 2 amide bonds. The first-order valence-electron chi connectivity index (χ1n) is 7.55. The maximum atomic E-state index is 12.0. The number of furan rings is 1. The lowest BCUT2D eigenvalue weighted by Crippen LogP contribution is -2.29. The van der Waals surface area contributed by atoms with Crippen LogP contribution in [0.2, 0.25) is 0 Å². The van der Waals surface area contributed by atoms with E-state index in [-0.39, 0.29) is 5.91 Å². The van der Waals surface area contributed by atoms with Gasteiger partial charge in [-0.2, -0.15) is 0 Å². The number of rotatable bonds is 6. The average Bonchev–Trinajstić information content (AvgIpc) is 3.07. The number of benzene rings is 1. The van der Waals surface area contributed by atoms with E-state index in [4.69, 9.17) is 9.15 Å². The molecule has 130 valence electrons. The Hall–Kier alpha value is -3.35. The zero-order chi connectivity index (χ0) is 18.2. The van der Waals surface area contributed by atoms with Crippen molar-refractivity contribution in [2.45, 2.75) is 20.0 Å². The molecule has 0 aliphatic rings. The predicted molar refractivity (Wildman–Crippen MR) is 92.7 cm³/mol. The summed E-state index contributed by atoms with van der Waals surface area (Å²) in [5.74, 6) is -0.791. The lowest BCUT2D eigenvalue weighted by molar-refractivity contribution is -0.148. The maximum absolute atomic E-state index is 12.0. The molecule has 1 aromatic carbocycles. The van der Waals surface area contributed by atoms with Gasteiger partial charge in [-0.3, -0.25) is 9.59 Å². The van der Waals surface area contributed by atoms with E-state index in [0.717, 1.165) is 0 Å². The molecule has 0 bridgehead atoms. The van der Waals surface area contributed by atoms with E-state index in [0.29, 0.717) is 17.1 Å². The van der Waals surface area contributed by atoms with Crippen molar-refractivity contribution >= 4 is 35.2 Å². The Kier molecular flexibility index (Phi) is 6.11. The van der Waals surface area contributed by atoms with Gasteiger partial charge in [0.25, 0.3) is 5.91 Å². The van der Waals surface area contributed by atoms with Crippen LogP contribution in [0, 0.1) is 0 Å². The lowest BCUT2D eigenvalue weighted by atomic mass is 10.2. The molecule has 1 heterocycles. The minimum Gasteiger partial charge on any atom is -0.465 e. The number of anilines is 2. The van der Waals surface area contributed by atoms with Gasteiger partial charge in [-0.05, 0) is 49.4 Å². The van der Waals surface area contributed by atoms with E-state index in [1.54, 1.807) is 36.4 Å². The summed E-state index contributed by atoms with van der Waals surface area (Å²) in [7, 11) is 0. The van der Waals surface area contributed by atoms with Crippen LogP contribution in [0.25, 0.3) is 6.08 Å². The highest BCUT2D eigenvalue weighted by Crippen LogP contribution is 2.14. The molecule has 2 N–H and O–H groups in total. The number of carbonyl (C=O) groups excluding carboxylic acids is 3. The molecule has 0 saturated carbocycles. The quantitative estimate of drug-likeness (QED) is 0.621. The molecule has 1 unspecified atom stereocenters. The zero-order valence-electron chi connectivity index (χ0n) is 13.8. The van der Waals surface area contributed by atoms with Crippen molar-refractivity contribution in [2.24, 2.45) is 0 Å². The summed E-state index contributed by atoms with van der Waals surface area (Å²) in [6.07, 6.45) is 3.15. The molecule has 0 aliphatic heterocycles. The van der Waals surface area contributed by atoms with Crippen LogP contribution in [0.4, 0.5) is 11.4 Å². The number of nitrogens with one attached hydrogen (secondary N) is 2. The van der Waals surface area contributed by atoms with Crippen LogP contribution in [0.3, 0.4) is 0 Å². The lowest BCUT2D eigenvalue weighted by Gasteiger charge is -2.12. The summed E-state index contributed by atoms with van der Waals surface area (Å²) in [6.45, 7) is 2.88. The van der Waals surface area contributed by atoms with Crippen LogP contribution >= 0.6 is 0 Å². The second-order valence-corrected chi connectivity index (χ2v) is 5.18. The molecular formula is C18H18N2O5. The van der Waals surface area contributed by atoms with Crippen LogP contribution in [0.15, 0.2) is 53.2 Å². The third-order valence-electron chi connectivity index (χ3n) is 3.06. The normalized spacial score (nSPS) is 11.8. The number of amides is 2. The van der Waals surface area contributed by atoms with Gasteiger partial charge in [0.2, 0.25) is 5.91 Å². The number of hydrogen-bond acceptors (Lipinski definition) is 5. The van der Waals surface area contributed by atoms with Gasteiger partial charge in [0.1, 0.15) is 5.76 Å². The van der Waals surface area contributed by atoms with Crippen LogP contribution in [-0.4, -0.2) is 23.9 Å². The van der Waals surface area contributed by atoms with E-state index >= 15 is 0 Å². The topological polar surface area (TPSA) is 97.6 Å².